The molecule has 0 radical (unpaired) electrons. The molecule has 0 bridgehead atoms. The van der Waals surface area contributed by atoms with Crippen molar-refractivity contribution in [3.63, 3.8) is 0 Å². The van der Waals surface area contributed by atoms with Gasteiger partial charge in [-0.2, -0.15) is 0 Å². The number of urea groups is 1. The van der Waals surface area contributed by atoms with Gasteiger partial charge in [0.25, 0.3) is 5.91 Å². The first-order valence-corrected chi connectivity index (χ1v) is 9.20. The SMILES string of the molecule is CCNC(=O)NC(=O)COC(=O)CCNS(=O)(=O)c1ccc(F)c(Cl)c1. The van der Waals surface area contributed by atoms with E-state index in [1.165, 1.54) is 0 Å². The molecule has 0 heterocycles. The van der Waals surface area contributed by atoms with Crippen molar-refractivity contribution in [2.75, 3.05) is 19.7 Å². The molecule has 1 aromatic carbocycles. The Balaban J connectivity index is 2.39. The minimum Gasteiger partial charge on any atom is -0.456 e. The average Bonchev–Trinajstić information content (AvgIpc) is 2.55. The molecule has 0 aromatic heterocycles. The largest absolute Gasteiger partial charge is 0.456 e. The van der Waals surface area contributed by atoms with E-state index in [-0.39, 0.29) is 22.9 Å². The number of hydrogen-bond donors (Lipinski definition) is 3. The Kier molecular flexibility index (Phi) is 8.42. The van der Waals surface area contributed by atoms with Gasteiger partial charge in [0.15, 0.2) is 6.61 Å². The number of rotatable bonds is 8. The van der Waals surface area contributed by atoms with Crippen molar-refractivity contribution in [2.24, 2.45) is 0 Å². The summed E-state index contributed by atoms with van der Waals surface area (Å²) in [6.07, 6.45) is -0.359. The summed E-state index contributed by atoms with van der Waals surface area (Å²) >= 11 is 5.52. The second-order valence-electron chi connectivity index (χ2n) is 4.79. The number of nitrogens with one attached hydrogen (secondary N) is 3. The molecule has 26 heavy (non-hydrogen) atoms. The molecule has 0 aliphatic carbocycles. The number of hydrogen-bond acceptors (Lipinski definition) is 6. The number of sulfonamides is 1. The van der Waals surface area contributed by atoms with Gasteiger partial charge in [0.1, 0.15) is 5.82 Å². The molecule has 12 heteroatoms. The van der Waals surface area contributed by atoms with Gasteiger partial charge < -0.3 is 10.1 Å². The van der Waals surface area contributed by atoms with Crippen molar-refractivity contribution >= 4 is 39.5 Å². The summed E-state index contributed by atoms with van der Waals surface area (Å²) in [5, 5.41) is 3.89. The van der Waals surface area contributed by atoms with Crippen molar-refractivity contribution in [2.45, 2.75) is 18.2 Å². The Morgan fingerprint density at radius 1 is 1.27 bits per heavy atom. The van der Waals surface area contributed by atoms with E-state index < -0.39 is 40.4 Å². The van der Waals surface area contributed by atoms with Crippen molar-refractivity contribution in [1.29, 1.82) is 0 Å². The summed E-state index contributed by atoms with van der Waals surface area (Å²) in [5.74, 6) is -2.44. The van der Waals surface area contributed by atoms with E-state index in [0.29, 0.717) is 6.54 Å². The van der Waals surface area contributed by atoms with Crippen LogP contribution in [0.1, 0.15) is 13.3 Å². The molecule has 144 valence electrons. The van der Waals surface area contributed by atoms with E-state index >= 15 is 0 Å². The number of halogens is 2. The van der Waals surface area contributed by atoms with Crippen LogP contribution in [0.3, 0.4) is 0 Å². The Hall–Kier alpha value is -2.24. The second-order valence-corrected chi connectivity index (χ2v) is 6.97. The minimum atomic E-state index is -3.99. The molecule has 0 aliphatic rings. The van der Waals surface area contributed by atoms with Gasteiger partial charge >= 0.3 is 12.0 Å². The summed E-state index contributed by atoms with van der Waals surface area (Å²) in [6, 6.07) is 2.13. The van der Waals surface area contributed by atoms with E-state index in [4.69, 9.17) is 11.6 Å². The molecule has 0 unspecified atom stereocenters. The number of benzene rings is 1. The Bertz CT molecular complexity index is 787. The van der Waals surface area contributed by atoms with E-state index in [1.54, 1.807) is 6.92 Å². The third-order valence-corrected chi connectivity index (χ3v) is 4.53. The first kappa shape index (κ1) is 21.8. The van der Waals surface area contributed by atoms with Gasteiger partial charge in [0.05, 0.1) is 16.3 Å². The van der Waals surface area contributed by atoms with Crippen molar-refractivity contribution < 1.29 is 31.9 Å². The predicted octanol–water partition coefficient (Wildman–Crippen LogP) is 0.536. The highest BCUT2D eigenvalue weighted by molar-refractivity contribution is 7.89. The maximum absolute atomic E-state index is 13.1. The van der Waals surface area contributed by atoms with Crippen LogP contribution in [-0.2, 0) is 24.3 Å². The fourth-order valence-electron chi connectivity index (χ4n) is 1.60. The van der Waals surface area contributed by atoms with Gasteiger partial charge in [0.2, 0.25) is 10.0 Å². The fraction of sp³-hybridized carbons (Fsp3) is 0.357. The summed E-state index contributed by atoms with van der Waals surface area (Å²) in [4.78, 5) is 33.6. The quantitative estimate of drug-likeness (QED) is 0.537. The molecular formula is C14H17ClFN3O6S. The van der Waals surface area contributed by atoms with Crippen molar-refractivity contribution in [3.05, 3.63) is 29.0 Å². The van der Waals surface area contributed by atoms with Gasteiger partial charge in [-0.25, -0.2) is 22.3 Å². The van der Waals surface area contributed by atoms with Crippen molar-refractivity contribution in [3.8, 4) is 0 Å². The summed E-state index contributed by atoms with van der Waals surface area (Å²) < 4.78 is 43.7. The molecule has 3 N–H and O–H groups in total. The number of carbonyl (C=O) groups is 3. The van der Waals surface area contributed by atoms with Crippen LogP contribution >= 0.6 is 11.6 Å². The first-order valence-electron chi connectivity index (χ1n) is 7.33. The lowest BCUT2D eigenvalue weighted by molar-refractivity contribution is -0.148. The molecule has 0 spiro atoms. The topological polar surface area (TPSA) is 131 Å². The molecular weight excluding hydrogens is 393 g/mol. The standard InChI is InChI=1S/C14H17ClFN3O6S/c1-2-17-14(22)19-12(20)8-25-13(21)5-6-18-26(23,24)9-3-4-11(16)10(15)7-9/h3-4,7,18H,2,5-6,8H2,1H3,(H2,17,19,20,22). The van der Waals surface area contributed by atoms with Gasteiger partial charge in [-0.3, -0.25) is 14.9 Å². The predicted molar refractivity (Wildman–Crippen MR) is 89.4 cm³/mol. The summed E-state index contributed by atoms with van der Waals surface area (Å²) in [7, 11) is -3.99. The zero-order chi connectivity index (χ0) is 19.7. The average molecular weight is 410 g/mol. The van der Waals surface area contributed by atoms with E-state index in [9.17, 15) is 27.2 Å². The fourth-order valence-corrected chi connectivity index (χ4v) is 2.90. The van der Waals surface area contributed by atoms with Gasteiger partial charge in [-0.1, -0.05) is 11.6 Å². The van der Waals surface area contributed by atoms with Crippen LogP contribution in [0.4, 0.5) is 9.18 Å². The van der Waals surface area contributed by atoms with E-state index in [0.717, 1.165) is 18.2 Å². The zero-order valence-electron chi connectivity index (χ0n) is 13.7. The third-order valence-electron chi connectivity index (χ3n) is 2.78. The van der Waals surface area contributed by atoms with Gasteiger partial charge in [-0.05, 0) is 25.1 Å². The highest BCUT2D eigenvalue weighted by atomic mass is 35.5. The Morgan fingerprint density at radius 2 is 1.96 bits per heavy atom. The highest BCUT2D eigenvalue weighted by Gasteiger charge is 2.17. The zero-order valence-corrected chi connectivity index (χ0v) is 15.2. The van der Waals surface area contributed by atoms with Crippen LogP contribution in [0.15, 0.2) is 23.1 Å². The number of ether oxygens (including phenoxy) is 1. The molecule has 0 fully saturated rings. The van der Waals surface area contributed by atoms with Gasteiger partial charge in [-0.15, -0.1) is 0 Å². The van der Waals surface area contributed by atoms with Gasteiger partial charge in [0, 0.05) is 13.1 Å². The maximum atomic E-state index is 13.1. The lowest BCUT2D eigenvalue weighted by atomic mass is 10.3. The lowest BCUT2D eigenvalue weighted by Crippen LogP contribution is -2.41. The van der Waals surface area contributed by atoms with Crippen LogP contribution in [0.25, 0.3) is 0 Å². The number of carbonyl (C=O) groups excluding carboxylic acids is 3. The first-order chi connectivity index (χ1) is 12.2. The van der Waals surface area contributed by atoms with Crippen molar-refractivity contribution in [1.82, 2.24) is 15.4 Å². The van der Waals surface area contributed by atoms with Crippen LogP contribution in [0.5, 0.6) is 0 Å². The number of esters is 1. The molecule has 3 amide bonds. The third kappa shape index (κ3) is 7.33. The van der Waals surface area contributed by atoms with Crippen LogP contribution in [0, 0.1) is 5.82 Å². The number of imide groups is 1. The molecule has 0 atom stereocenters. The second kappa shape index (κ2) is 10.0. The molecule has 1 rings (SSSR count). The van der Waals surface area contributed by atoms with E-state index in [2.05, 4.69) is 14.8 Å². The summed E-state index contributed by atoms with van der Waals surface area (Å²) in [6.45, 7) is 0.980. The number of amides is 3. The highest BCUT2D eigenvalue weighted by Crippen LogP contribution is 2.19. The smallest absolute Gasteiger partial charge is 0.321 e. The lowest BCUT2D eigenvalue weighted by Gasteiger charge is -2.08. The van der Waals surface area contributed by atoms with Crippen LogP contribution < -0.4 is 15.4 Å². The molecule has 0 aliphatic heterocycles. The Labute approximate surface area is 154 Å². The van der Waals surface area contributed by atoms with Crippen LogP contribution in [-0.4, -0.2) is 46.0 Å². The maximum Gasteiger partial charge on any atom is 0.321 e. The molecule has 0 saturated heterocycles. The summed E-state index contributed by atoms with van der Waals surface area (Å²) in [5.41, 5.74) is 0. The molecule has 0 saturated carbocycles. The van der Waals surface area contributed by atoms with E-state index in [1.807, 2.05) is 5.32 Å². The molecule has 9 nitrogen and oxygen atoms in total. The van der Waals surface area contributed by atoms with Crippen LogP contribution in [0.2, 0.25) is 5.02 Å². The minimum absolute atomic E-state index is 0.265. The Morgan fingerprint density at radius 3 is 2.58 bits per heavy atom. The molecule has 1 aromatic rings. The normalized spacial score (nSPS) is 10.9. The monoisotopic (exact) mass is 409 g/mol.